The van der Waals surface area contributed by atoms with Crippen molar-refractivity contribution in [2.45, 2.75) is 5.92 Å². The lowest BCUT2D eigenvalue weighted by molar-refractivity contribution is -0.432. The Labute approximate surface area is 169 Å². The fraction of sp³-hybridized carbons (Fsp3) is 0.0909. The van der Waals surface area contributed by atoms with E-state index >= 15 is 0 Å². The summed E-state index contributed by atoms with van der Waals surface area (Å²) in [5.41, 5.74) is 1.62. The average Bonchev–Trinajstić information content (AvgIpc) is 3.11. The van der Waals surface area contributed by atoms with Crippen LogP contribution in [0.1, 0.15) is 17.0 Å². The number of nitro groups is 1. The van der Waals surface area contributed by atoms with Gasteiger partial charge < -0.3 is 20.1 Å². The lowest BCUT2D eigenvalue weighted by Crippen LogP contribution is -2.28. The van der Waals surface area contributed by atoms with Crippen molar-refractivity contribution in [2.75, 3.05) is 7.05 Å². The van der Waals surface area contributed by atoms with Gasteiger partial charge in [-0.3, -0.25) is 10.1 Å². The van der Waals surface area contributed by atoms with Gasteiger partial charge in [-0.2, -0.15) is 0 Å². The minimum absolute atomic E-state index is 0.0587. The van der Waals surface area contributed by atoms with Gasteiger partial charge >= 0.3 is 5.70 Å². The van der Waals surface area contributed by atoms with Gasteiger partial charge in [0, 0.05) is 34.5 Å². The van der Waals surface area contributed by atoms with Crippen LogP contribution in [0.5, 0.6) is 11.5 Å². The second kappa shape index (κ2) is 6.48. The van der Waals surface area contributed by atoms with Gasteiger partial charge in [0.05, 0.1) is 10.4 Å². The Bertz CT molecular complexity index is 1380. The van der Waals surface area contributed by atoms with Gasteiger partial charge in [-0.25, -0.2) is 4.39 Å². The summed E-state index contributed by atoms with van der Waals surface area (Å²) < 4.78 is 19.8. The molecule has 3 aromatic carbocycles. The molecule has 3 N–H and O–H groups in total. The highest BCUT2D eigenvalue weighted by atomic mass is 19.1. The molecule has 0 amide bonds. The summed E-state index contributed by atoms with van der Waals surface area (Å²) in [4.78, 5) is 14.8. The zero-order valence-electron chi connectivity index (χ0n) is 15.8. The van der Waals surface area contributed by atoms with Crippen molar-refractivity contribution in [1.29, 1.82) is 0 Å². The Morgan fingerprint density at radius 3 is 2.73 bits per heavy atom. The predicted octanol–water partition coefficient (Wildman–Crippen LogP) is 4.36. The summed E-state index contributed by atoms with van der Waals surface area (Å²) in [7, 11) is 1.51. The number of allylic oxidation sites excluding steroid dienone is 1. The molecule has 0 spiro atoms. The number of H-pyrrole nitrogens is 1. The maximum Gasteiger partial charge on any atom is 0.317 e. The predicted molar refractivity (Wildman–Crippen MR) is 109 cm³/mol. The van der Waals surface area contributed by atoms with E-state index in [1.54, 1.807) is 6.07 Å². The molecular formula is C22H16FN3O4. The summed E-state index contributed by atoms with van der Waals surface area (Å²) in [5.74, 6) is -1.52. The van der Waals surface area contributed by atoms with E-state index in [-0.39, 0.29) is 28.6 Å². The van der Waals surface area contributed by atoms with Crippen LogP contribution in [-0.4, -0.2) is 22.1 Å². The molecule has 0 saturated carbocycles. The Balaban J connectivity index is 1.91. The molecule has 0 fully saturated rings. The smallest absolute Gasteiger partial charge is 0.317 e. The monoisotopic (exact) mass is 405 g/mol. The van der Waals surface area contributed by atoms with Crippen LogP contribution in [-0.2, 0) is 0 Å². The highest BCUT2D eigenvalue weighted by Gasteiger charge is 2.42. The molecule has 1 aliphatic heterocycles. The van der Waals surface area contributed by atoms with Crippen LogP contribution >= 0.6 is 0 Å². The minimum Gasteiger partial charge on any atom is -0.508 e. The van der Waals surface area contributed by atoms with Gasteiger partial charge in [0.25, 0.3) is 5.88 Å². The van der Waals surface area contributed by atoms with Gasteiger partial charge in [-0.1, -0.05) is 18.2 Å². The second-order valence-electron chi connectivity index (χ2n) is 7.03. The van der Waals surface area contributed by atoms with E-state index in [0.717, 1.165) is 16.3 Å². The minimum atomic E-state index is -1.06. The SMILES string of the molecule is CNC1=C([N+](=O)[O-])C(c2c(O)ccc3c2[nH]c2ccccc23)c2cc(F)ccc2O1. The zero-order valence-corrected chi connectivity index (χ0v) is 15.8. The summed E-state index contributed by atoms with van der Waals surface area (Å²) in [6, 6.07) is 14.7. The molecule has 5 rings (SSSR count). The first-order valence-corrected chi connectivity index (χ1v) is 9.25. The molecule has 4 aromatic rings. The van der Waals surface area contributed by atoms with E-state index in [9.17, 15) is 19.6 Å². The largest absolute Gasteiger partial charge is 0.508 e. The Kier molecular flexibility index (Phi) is 3.89. The molecule has 1 unspecified atom stereocenters. The number of aromatic hydroxyl groups is 1. The maximum absolute atomic E-state index is 14.1. The van der Waals surface area contributed by atoms with Crippen LogP contribution in [0.25, 0.3) is 21.8 Å². The number of hydrogen-bond donors (Lipinski definition) is 3. The van der Waals surface area contributed by atoms with E-state index in [1.807, 2.05) is 24.3 Å². The van der Waals surface area contributed by atoms with Crippen LogP contribution in [0, 0.1) is 15.9 Å². The summed E-state index contributed by atoms with van der Waals surface area (Å²) in [6.07, 6.45) is 0. The summed E-state index contributed by atoms with van der Waals surface area (Å²) in [5, 5.41) is 27.3. The number of para-hydroxylation sites is 1. The van der Waals surface area contributed by atoms with E-state index in [0.29, 0.717) is 11.1 Å². The molecule has 0 radical (unpaired) electrons. The highest BCUT2D eigenvalue weighted by molar-refractivity contribution is 6.09. The standard InChI is InChI=1S/C22H16FN3O4/c1-24-22-21(26(28)29)18(14-10-11(23)6-9-17(14)30-22)19-16(27)8-7-13-12-4-2-3-5-15(12)25-20(13)19/h2-10,18,24-25,27H,1H3. The number of nitrogens with one attached hydrogen (secondary N) is 2. The molecule has 150 valence electrons. The molecule has 0 saturated heterocycles. The summed E-state index contributed by atoms with van der Waals surface area (Å²) in [6.45, 7) is 0. The van der Waals surface area contributed by atoms with Gasteiger partial charge in [-0.05, 0) is 36.4 Å². The molecule has 1 aliphatic rings. The molecule has 8 heteroatoms. The lowest BCUT2D eigenvalue weighted by atomic mass is 9.84. The zero-order chi connectivity index (χ0) is 21.0. The first-order valence-electron chi connectivity index (χ1n) is 9.25. The van der Waals surface area contributed by atoms with E-state index in [4.69, 9.17) is 4.74 Å². The van der Waals surface area contributed by atoms with E-state index < -0.39 is 16.7 Å². The maximum atomic E-state index is 14.1. The third kappa shape index (κ3) is 2.50. The number of hydrogen-bond acceptors (Lipinski definition) is 5. The van der Waals surface area contributed by atoms with Crippen molar-refractivity contribution in [1.82, 2.24) is 10.3 Å². The van der Waals surface area contributed by atoms with Crippen molar-refractivity contribution in [3.63, 3.8) is 0 Å². The van der Waals surface area contributed by atoms with E-state index in [1.165, 1.54) is 31.3 Å². The topological polar surface area (TPSA) is 100 Å². The second-order valence-corrected chi connectivity index (χ2v) is 7.03. The fourth-order valence-corrected chi connectivity index (χ4v) is 4.16. The third-order valence-electron chi connectivity index (χ3n) is 5.41. The number of halogens is 1. The Morgan fingerprint density at radius 2 is 1.97 bits per heavy atom. The Morgan fingerprint density at radius 1 is 1.17 bits per heavy atom. The quantitative estimate of drug-likeness (QED) is 0.347. The number of phenolic OH excluding ortho intramolecular Hbond substituents is 1. The highest BCUT2D eigenvalue weighted by Crippen LogP contribution is 2.48. The van der Waals surface area contributed by atoms with Gasteiger partial charge in [0.1, 0.15) is 23.2 Å². The van der Waals surface area contributed by atoms with Crippen LogP contribution < -0.4 is 10.1 Å². The lowest BCUT2D eigenvalue weighted by Gasteiger charge is -2.26. The van der Waals surface area contributed by atoms with Crippen LogP contribution in [0.4, 0.5) is 4.39 Å². The van der Waals surface area contributed by atoms with Gasteiger partial charge in [0.15, 0.2) is 0 Å². The van der Waals surface area contributed by atoms with Crippen molar-refractivity contribution in [2.24, 2.45) is 0 Å². The van der Waals surface area contributed by atoms with Crippen molar-refractivity contribution in [3.05, 3.63) is 93.2 Å². The van der Waals surface area contributed by atoms with Crippen LogP contribution in [0.15, 0.2) is 66.2 Å². The van der Waals surface area contributed by atoms with E-state index in [2.05, 4.69) is 10.3 Å². The fourth-order valence-electron chi connectivity index (χ4n) is 4.16. The molecule has 30 heavy (non-hydrogen) atoms. The van der Waals surface area contributed by atoms with Gasteiger partial charge in [0.2, 0.25) is 0 Å². The number of fused-ring (bicyclic) bond motifs is 4. The number of phenols is 1. The molecule has 7 nitrogen and oxygen atoms in total. The number of benzene rings is 3. The molecule has 1 atom stereocenters. The van der Waals surface area contributed by atoms with Gasteiger partial charge in [-0.15, -0.1) is 0 Å². The average molecular weight is 405 g/mol. The number of ether oxygens (including phenoxy) is 1. The number of aromatic nitrogens is 1. The van der Waals surface area contributed by atoms with Crippen molar-refractivity contribution in [3.8, 4) is 11.5 Å². The molecular weight excluding hydrogens is 389 g/mol. The van der Waals surface area contributed by atoms with Crippen molar-refractivity contribution >= 4 is 21.8 Å². The normalized spacial score (nSPS) is 15.9. The first kappa shape index (κ1) is 18.0. The molecule has 0 bridgehead atoms. The number of aromatic amines is 1. The Hall–Kier alpha value is -4.07. The molecule has 2 heterocycles. The van der Waals surface area contributed by atoms with Crippen LogP contribution in [0.3, 0.4) is 0 Å². The molecule has 1 aromatic heterocycles. The number of rotatable bonds is 3. The van der Waals surface area contributed by atoms with Crippen molar-refractivity contribution < 1.29 is 19.2 Å². The summed E-state index contributed by atoms with van der Waals surface area (Å²) >= 11 is 0. The third-order valence-corrected chi connectivity index (χ3v) is 5.41. The number of nitrogens with zero attached hydrogens (tertiary/aromatic N) is 1. The van der Waals surface area contributed by atoms with Crippen LogP contribution in [0.2, 0.25) is 0 Å². The molecule has 0 aliphatic carbocycles. The first-order chi connectivity index (χ1) is 14.5.